The second kappa shape index (κ2) is 12.1. The number of ether oxygens (including phenoxy) is 3. The van der Waals surface area contributed by atoms with Gasteiger partial charge >= 0.3 is 5.97 Å². The molecule has 12 nitrogen and oxygen atoms in total. The van der Waals surface area contributed by atoms with Gasteiger partial charge in [0.05, 0.1) is 29.2 Å². The third-order valence-electron chi connectivity index (χ3n) is 4.69. The minimum Gasteiger partial charge on any atom is -0.481 e. The molecule has 1 amide bonds. The van der Waals surface area contributed by atoms with E-state index in [1.807, 2.05) is 0 Å². The number of anilines is 1. The van der Waals surface area contributed by atoms with Crippen LogP contribution >= 0.6 is 11.3 Å². The molecule has 37 heavy (non-hydrogen) atoms. The second-order valence-electron chi connectivity index (χ2n) is 7.95. The summed E-state index contributed by atoms with van der Waals surface area (Å²) in [7, 11) is 0.792. The number of carboxylic acid groups (broad SMARTS) is 1. The Hall–Kier alpha value is -3.59. The zero-order valence-electron chi connectivity index (χ0n) is 20.5. The molecule has 198 valence electrons. The minimum absolute atomic E-state index is 0.0289. The number of hydrogen-bond acceptors (Lipinski definition) is 10. The molecular weight excluding hydrogens is 524 g/mol. The average molecular weight is 551 g/mol. The van der Waals surface area contributed by atoms with E-state index in [1.165, 1.54) is 57.6 Å². The van der Waals surface area contributed by atoms with Crippen molar-refractivity contribution in [2.75, 3.05) is 33.1 Å². The van der Waals surface area contributed by atoms with Gasteiger partial charge in [0.25, 0.3) is 5.91 Å². The maximum atomic E-state index is 12.9. The SMILES string of the molecule is COC[C@@H](C)Oc1cc(C(=O)Nc2nc(CC(=O)O)cs2)cc(Oc2ccc(S(=O)(=O)N(C)C)cc2)n1. The Morgan fingerprint density at radius 2 is 1.81 bits per heavy atom. The Bertz CT molecular complexity index is 1360. The number of nitrogens with one attached hydrogen (secondary N) is 1. The Morgan fingerprint density at radius 3 is 2.43 bits per heavy atom. The van der Waals surface area contributed by atoms with Crippen molar-refractivity contribution in [3.8, 4) is 17.5 Å². The number of benzene rings is 1. The quantitative estimate of drug-likeness (QED) is 0.344. The molecule has 0 aliphatic carbocycles. The Kier molecular flexibility index (Phi) is 9.15. The first-order valence-electron chi connectivity index (χ1n) is 10.8. The summed E-state index contributed by atoms with van der Waals surface area (Å²) in [5, 5.41) is 13.3. The van der Waals surface area contributed by atoms with Crippen LogP contribution in [-0.2, 0) is 26.0 Å². The number of amides is 1. The standard InChI is InChI=1S/C23H26N4O8S2/c1-14(12-33-4)34-19-9-15(22(30)26-23-24-16(13-36-23)11-21(28)29)10-20(25-19)35-17-5-7-18(8-6-17)37(31,32)27(2)3/h5-10,13-14H,11-12H2,1-4H3,(H,28,29)(H,24,26,30)/t14-/m1/s1. The average Bonchev–Trinajstić information content (AvgIpc) is 3.25. The van der Waals surface area contributed by atoms with Gasteiger partial charge in [-0.25, -0.2) is 17.7 Å². The number of carbonyl (C=O) groups excluding carboxylic acids is 1. The predicted molar refractivity (Wildman–Crippen MR) is 135 cm³/mol. The monoisotopic (exact) mass is 550 g/mol. The number of hydrogen-bond donors (Lipinski definition) is 2. The van der Waals surface area contributed by atoms with E-state index >= 15 is 0 Å². The molecule has 0 saturated heterocycles. The number of carboxylic acids is 1. The van der Waals surface area contributed by atoms with Crippen molar-refractivity contribution in [1.29, 1.82) is 0 Å². The van der Waals surface area contributed by atoms with Crippen molar-refractivity contribution < 1.29 is 37.3 Å². The molecule has 0 fully saturated rings. The van der Waals surface area contributed by atoms with Crippen LogP contribution in [-0.4, -0.2) is 73.6 Å². The zero-order chi connectivity index (χ0) is 27.2. The lowest BCUT2D eigenvalue weighted by molar-refractivity contribution is -0.136. The highest BCUT2D eigenvalue weighted by Crippen LogP contribution is 2.27. The summed E-state index contributed by atoms with van der Waals surface area (Å²) in [6.07, 6.45) is -0.638. The molecule has 2 N–H and O–H groups in total. The van der Waals surface area contributed by atoms with E-state index in [0.717, 1.165) is 15.6 Å². The predicted octanol–water partition coefficient (Wildman–Crippen LogP) is 2.87. The van der Waals surface area contributed by atoms with Gasteiger partial charge in [-0.2, -0.15) is 4.98 Å². The highest BCUT2D eigenvalue weighted by Gasteiger charge is 2.18. The molecule has 14 heteroatoms. The van der Waals surface area contributed by atoms with Crippen LogP contribution in [0.2, 0.25) is 0 Å². The summed E-state index contributed by atoms with van der Waals surface area (Å²) in [4.78, 5) is 32.3. The number of nitrogens with zero attached hydrogens (tertiary/aromatic N) is 3. The Balaban J connectivity index is 1.86. The molecule has 0 saturated carbocycles. The van der Waals surface area contributed by atoms with E-state index in [0.29, 0.717) is 5.69 Å². The number of rotatable bonds is 12. The summed E-state index contributed by atoms with van der Waals surface area (Å²) >= 11 is 1.09. The third kappa shape index (κ3) is 7.69. The molecular formula is C23H26N4O8S2. The fraction of sp³-hybridized carbons (Fsp3) is 0.304. The maximum absolute atomic E-state index is 12.9. The largest absolute Gasteiger partial charge is 0.481 e. The summed E-state index contributed by atoms with van der Waals surface area (Å²) in [5.41, 5.74) is 0.468. The summed E-state index contributed by atoms with van der Waals surface area (Å²) in [6, 6.07) is 8.55. The maximum Gasteiger partial charge on any atom is 0.309 e. The van der Waals surface area contributed by atoms with Crippen LogP contribution in [0, 0.1) is 0 Å². The number of aromatic nitrogens is 2. The number of methoxy groups -OCH3 is 1. The van der Waals surface area contributed by atoms with Gasteiger partial charge in [-0.1, -0.05) is 0 Å². The minimum atomic E-state index is -3.61. The lowest BCUT2D eigenvalue weighted by Gasteiger charge is -2.15. The van der Waals surface area contributed by atoms with Gasteiger partial charge in [0.2, 0.25) is 21.8 Å². The van der Waals surface area contributed by atoms with E-state index in [9.17, 15) is 18.0 Å². The first kappa shape index (κ1) is 28.0. The molecule has 3 aromatic rings. The van der Waals surface area contributed by atoms with Gasteiger partial charge in [0.15, 0.2) is 5.13 Å². The second-order valence-corrected chi connectivity index (χ2v) is 11.0. The van der Waals surface area contributed by atoms with Crippen LogP contribution in [0.25, 0.3) is 0 Å². The normalized spacial score (nSPS) is 12.2. The van der Waals surface area contributed by atoms with Crippen molar-refractivity contribution in [3.05, 3.63) is 53.0 Å². The Morgan fingerprint density at radius 1 is 1.14 bits per heavy atom. The van der Waals surface area contributed by atoms with Crippen molar-refractivity contribution in [1.82, 2.24) is 14.3 Å². The van der Waals surface area contributed by atoms with Crippen molar-refractivity contribution in [3.63, 3.8) is 0 Å². The van der Waals surface area contributed by atoms with E-state index in [4.69, 9.17) is 19.3 Å². The van der Waals surface area contributed by atoms with E-state index in [1.54, 1.807) is 12.3 Å². The van der Waals surface area contributed by atoms with Gasteiger partial charge in [-0.3, -0.25) is 14.9 Å². The molecule has 0 aliphatic rings. The molecule has 0 bridgehead atoms. The van der Waals surface area contributed by atoms with Crippen LogP contribution in [0.1, 0.15) is 23.0 Å². The van der Waals surface area contributed by atoms with Crippen LogP contribution < -0.4 is 14.8 Å². The lowest BCUT2D eigenvalue weighted by atomic mass is 10.2. The van der Waals surface area contributed by atoms with E-state index in [-0.39, 0.29) is 52.2 Å². The van der Waals surface area contributed by atoms with E-state index in [2.05, 4.69) is 15.3 Å². The first-order chi connectivity index (χ1) is 17.5. The molecule has 2 aromatic heterocycles. The van der Waals surface area contributed by atoms with Crippen LogP contribution in [0.5, 0.6) is 17.5 Å². The van der Waals surface area contributed by atoms with Gasteiger partial charge in [-0.15, -0.1) is 11.3 Å². The number of sulfonamides is 1. The van der Waals surface area contributed by atoms with Gasteiger partial charge < -0.3 is 19.3 Å². The van der Waals surface area contributed by atoms with E-state index < -0.39 is 21.9 Å². The fourth-order valence-electron chi connectivity index (χ4n) is 2.98. The molecule has 2 heterocycles. The van der Waals surface area contributed by atoms with Crippen LogP contribution in [0.4, 0.5) is 5.13 Å². The fourth-order valence-corrected chi connectivity index (χ4v) is 4.59. The highest BCUT2D eigenvalue weighted by molar-refractivity contribution is 7.89. The molecule has 3 rings (SSSR count). The first-order valence-corrected chi connectivity index (χ1v) is 13.2. The lowest BCUT2D eigenvalue weighted by Crippen LogP contribution is -2.22. The topological polar surface area (TPSA) is 157 Å². The molecule has 0 unspecified atom stereocenters. The van der Waals surface area contributed by atoms with Crippen LogP contribution in [0.3, 0.4) is 0 Å². The number of carbonyl (C=O) groups is 2. The van der Waals surface area contributed by atoms with Crippen molar-refractivity contribution in [2.24, 2.45) is 0 Å². The molecule has 1 atom stereocenters. The molecule has 1 aromatic carbocycles. The molecule has 0 aliphatic heterocycles. The smallest absolute Gasteiger partial charge is 0.309 e. The summed E-state index contributed by atoms with van der Waals surface area (Å²) in [5.74, 6) is -1.15. The highest BCUT2D eigenvalue weighted by atomic mass is 32.2. The van der Waals surface area contributed by atoms with Gasteiger partial charge in [0.1, 0.15) is 11.9 Å². The van der Waals surface area contributed by atoms with Crippen molar-refractivity contribution in [2.45, 2.75) is 24.3 Å². The van der Waals surface area contributed by atoms with Crippen molar-refractivity contribution >= 4 is 38.4 Å². The number of pyridine rings is 1. The third-order valence-corrected chi connectivity index (χ3v) is 7.33. The van der Waals surface area contributed by atoms with Gasteiger partial charge in [-0.05, 0) is 31.2 Å². The molecule has 0 radical (unpaired) electrons. The Labute approximate surface area is 217 Å². The van der Waals surface area contributed by atoms with Gasteiger partial charge in [0, 0.05) is 38.7 Å². The number of thiazole rings is 1. The zero-order valence-corrected chi connectivity index (χ0v) is 22.1. The number of aliphatic carboxylic acids is 1. The summed E-state index contributed by atoms with van der Waals surface area (Å²) < 4.78 is 42.3. The van der Waals surface area contributed by atoms with Crippen LogP contribution in [0.15, 0.2) is 46.7 Å². The molecule has 0 spiro atoms. The summed E-state index contributed by atoms with van der Waals surface area (Å²) in [6.45, 7) is 2.05.